The van der Waals surface area contributed by atoms with Crippen LogP contribution in [0.15, 0.2) is 28.7 Å². The minimum atomic E-state index is 0.765. The number of methoxy groups -OCH3 is 1. The Morgan fingerprint density at radius 3 is 2.58 bits per heavy atom. The van der Waals surface area contributed by atoms with E-state index in [0.717, 1.165) is 30.1 Å². The lowest BCUT2D eigenvalue weighted by Gasteiger charge is -2.31. The number of nitrogens with zero attached hydrogens (tertiary/aromatic N) is 1. The molecule has 0 aromatic heterocycles. The molecule has 0 saturated carbocycles. The number of halogens is 1. The summed E-state index contributed by atoms with van der Waals surface area (Å²) in [5.74, 6) is 0.765. The zero-order valence-corrected chi connectivity index (χ0v) is 13.2. The molecule has 4 heteroatoms. The van der Waals surface area contributed by atoms with Crippen molar-refractivity contribution < 1.29 is 4.74 Å². The average molecular weight is 327 g/mol. The van der Waals surface area contributed by atoms with E-state index in [1.54, 1.807) is 7.11 Å². The standard InChI is InChI=1S/C15H23BrN2O/c1-19-12-13-6-9-18(10-7-13)11-8-17-15-4-2-14(16)3-5-15/h2-5,13,17H,6-12H2,1H3. The molecule has 0 atom stereocenters. The summed E-state index contributed by atoms with van der Waals surface area (Å²) in [7, 11) is 1.80. The highest BCUT2D eigenvalue weighted by molar-refractivity contribution is 9.10. The minimum absolute atomic E-state index is 0.765. The van der Waals surface area contributed by atoms with Crippen molar-refractivity contribution in [2.75, 3.05) is 45.2 Å². The molecular formula is C15H23BrN2O. The second kappa shape index (κ2) is 7.88. The molecule has 0 unspecified atom stereocenters. The first-order valence-corrected chi connectivity index (χ1v) is 7.78. The van der Waals surface area contributed by atoms with Gasteiger partial charge in [0.05, 0.1) is 0 Å². The number of anilines is 1. The molecule has 2 rings (SSSR count). The molecule has 1 aliphatic rings. The van der Waals surface area contributed by atoms with Gasteiger partial charge >= 0.3 is 0 Å². The van der Waals surface area contributed by atoms with Gasteiger partial charge in [0, 0.05) is 37.0 Å². The van der Waals surface area contributed by atoms with Crippen LogP contribution < -0.4 is 5.32 Å². The Morgan fingerprint density at radius 1 is 1.26 bits per heavy atom. The van der Waals surface area contributed by atoms with Crippen molar-refractivity contribution in [2.45, 2.75) is 12.8 Å². The van der Waals surface area contributed by atoms with Gasteiger partial charge in [-0.15, -0.1) is 0 Å². The molecule has 1 aliphatic heterocycles. The molecule has 1 saturated heterocycles. The van der Waals surface area contributed by atoms with Gasteiger partial charge in [0.25, 0.3) is 0 Å². The van der Waals surface area contributed by atoms with Gasteiger partial charge in [-0.3, -0.25) is 0 Å². The van der Waals surface area contributed by atoms with E-state index in [9.17, 15) is 0 Å². The van der Waals surface area contributed by atoms with Gasteiger partial charge in [-0.25, -0.2) is 0 Å². The Morgan fingerprint density at radius 2 is 1.95 bits per heavy atom. The molecular weight excluding hydrogens is 304 g/mol. The number of nitrogens with one attached hydrogen (secondary N) is 1. The third-order valence-corrected chi connectivity index (χ3v) is 4.24. The van der Waals surface area contributed by atoms with E-state index in [1.165, 1.54) is 31.6 Å². The summed E-state index contributed by atoms with van der Waals surface area (Å²) in [5.41, 5.74) is 1.19. The van der Waals surface area contributed by atoms with Gasteiger partial charge in [0.1, 0.15) is 0 Å². The lowest BCUT2D eigenvalue weighted by molar-refractivity contribution is 0.101. The number of ether oxygens (including phenoxy) is 1. The average Bonchev–Trinajstić information content (AvgIpc) is 2.43. The van der Waals surface area contributed by atoms with Gasteiger partial charge in [-0.2, -0.15) is 0 Å². The third kappa shape index (κ3) is 5.13. The minimum Gasteiger partial charge on any atom is -0.384 e. The fraction of sp³-hybridized carbons (Fsp3) is 0.600. The maximum Gasteiger partial charge on any atom is 0.0491 e. The van der Waals surface area contributed by atoms with Gasteiger partial charge in [0.15, 0.2) is 0 Å². The smallest absolute Gasteiger partial charge is 0.0491 e. The quantitative estimate of drug-likeness (QED) is 0.868. The summed E-state index contributed by atoms with van der Waals surface area (Å²) < 4.78 is 6.35. The molecule has 0 spiro atoms. The van der Waals surface area contributed by atoms with E-state index >= 15 is 0 Å². The highest BCUT2D eigenvalue weighted by Gasteiger charge is 2.18. The topological polar surface area (TPSA) is 24.5 Å². The molecule has 3 nitrogen and oxygen atoms in total. The molecule has 0 bridgehead atoms. The van der Waals surface area contributed by atoms with E-state index < -0.39 is 0 Å². The van der Waals surface area contributed by atoms with Crippen molar-refractivity contribution in [3.05, 3.63) is 28.7 Å². The summed E-state index contributed by atoms with van der Waals surface area (Å²) in [5, 5.41) is 3.47. The number of likely N-dealkylation sites (tertiary alicyclic amines) is 1. The van der Waals surface area contributed by atoms with Gasteiger partial charge in [-0.05, 0) is 56.1 Å². The summed E-state index contributed by atoms with van der Waals surface area (Å²) >= 11 is 3.45. The highest BCUT2D eigenvalue weighted by atomic mass is 79.9. The van der Waals surface area contributed by atoms with E-state index in [4.69, 9.17) is 4.74 Å². The summed E-state index contributed by atoms with van der Waals surface area (Å²) in [6.45, 7) is 5.46. The molecule has 1 heterocycles. The fourth-order valence-corrected chi connectivity index (χ4v) is 2.80. The Labute approximate surface area is 124 Å². The predicted molar refractivity (Wildman–Crippen MR) is 83.7 cm³/mol. The van der Waals surface area contributed by atoms with Crippen LogP contribution >= 0.6 is 15.9 Å². The Balaban J connectivity index is 1.63. The van der Waals surface area contributed by atoms with E-state index in [1.807, 2.05) is 0 Å². The van der Waals surface area contributed by atoms with Crippen molar-refractivity contribution in [1.82, 2.24) is 4.90 Å². The van der Waals surface area contributed by atoms with Crippen LogP contribution in [-0.2, 0) is 4.74 Å². The first-order chi connectivity index (χ1) is 9.28. The van der Waals surface area contributed by atoms with Crippen LogP contribution in [0.3, 0.4) is 0 Å². The number of hydrogen-bond donors (Lipinski definition) is 1. The molecule has 19 heavy (non-hydrogen) atoms. The molecule has 0 amide bonds. The van der Waals surface area contributed by atoms with Gasteiger partial charge < -0.3 is 15.0 Å². The summed E-state index contributed by atoms with van der Waals surface area (Å²) in [4.78, 5) is 2.54. The molecule has 106 valence electrons. The molecule has 1 aromatic carbocycles. The van der Waals surface area contributed by atoms with Gasteiger partial charge in [0.2, 0.25) is 0 Å². The zero-order valence-electron chi connectivity index (χ0n) is 11.6. The number of rotatable bonds is 6. The summed E-state index contributed by atoms with van der Waals surface area (Å²) in [6, 6.07) is 8.35. The van der Waals surface area contributed by atoms with Crippen molar-refractivity contribution in [3.63, 3.8) is 0 Å². The maximum absolute atomic E-state index is 5.23. The Kier molecular flexibility index (Phi) is 6.14. The summed E-state index contributed by atoms with van der Waals surface area (Å²) in [6.07, 6.45) is 2.54. The van der Waals surface area contributed by atoms with Crippen LogP contribution in [0.4, 0.5) is 5.69 Å². The van der Waals surface area contributed by atoms with Crippen LogP contribution in [0.5, 0.6) is 0 Å². The molecule has 0 radical (unpaired) electrons. The maximum atomic E-state index is 5.23. The molecule has 0 aliphatic carbocycles. The van der Waals surface area contributed by atoms with Gasteiger partial charge in [-0.1, -0.05) is 15.9 Å². The zero-order chi connectivity index (χ0) is 13.5. The fourth-order valence-electron chi connectivity index (χ4n) is 2.54. The third-order valence-electron chi connectivity index (χ3n) is 3.71. The first kappa shape index (κ1) is 14.8. The second-order valence-electron chi connectivity index (χ2n) is 5.17. The van der Waals surface area contributed by atoms with Crippen molar-refractivity contribution >= 4 is 21.6 Å². The van der Waals surface area contributed by atoms with Crippen molar-refractivity contribution in [3.8, 4) is 0 Å². The predicted octanol–water partition coefficient (Wildman–Crippen LogP) is 3.22. The van der Waals surface area contributed by atoms with Crippen molar-refractivity contribution in [1.29, 1.82) is 0 Å². The molecule has 1 fully saturated rings. The van der Waals surface area contributed by atoms with E-state index in [0.29, 0.717) is 0 Å². The lowest BCUT2D eigenvalue weighted by atomic mass is 9.98. The van der Waals surface area contributed by atoms with E-state index in [2.05, 4.69) is 50.4 Å². The Bertz CT molecular complexity index is 361. The number of piperidine rings is 1. The highest BCUT2D eigenvalue weighted by Crippen LogP contribution is 2.17. The largest absolute Gasteiger partial charge is 0.384 e. The Hall–Kier alpha value is -0.580. The first-order valence-electron chi connectivity index (χ1n) is 6.98. The van der Waals surface area contributed by atoms with Crippen LogP contribution in [0.25, 0.3) is 0 Å². The van der Waals surface area contributed by atoms with Crippen LogP contribution in [0, 0.1) is 5.92 Å². The monoisotopic (exact) mass is 326 g/mol. The van der Waals surface area contributed by atoms with Crippen LogP contribution in [0.1, 0.15) is 12.8 Å². The SMILES string of the molecule is COCC1CCN(CCNc2ccc(Br)cc2)CC1. The van der Waals surface area contributed by atoms with E-state index in [-0.39, 0.29) is 0 Å². The van der Waals surface area contributed by atoms with Crippen LogP contribution in [-0.4, -0.2) is 44.8 Å². The molecule has 1 N–H and O–H groups in total. The van der Waals surface area contributed by atoms with Crippen LogP contribution in [0.2, 0.25) is 0 Å². The normalized spacial score (nSPS) is 17.6. The van der Waals surface area contributed by atoms with Crippen molar-refractivity contribution in [2.24, 2.45) is 5.92 Å². The lowest BCUT2D eigenvalue weighted by Crippen LogP contribution is -2.37. The second-order valence-corrected chi connectivity index (χ2v) is 6.09. The number of hydrogen-bond acceptors (Lipinski definition) is 3. The number of benzene rings is 1. The molecule has 1 aromatic rings.